The molecule has 170 valence electrons. The first-order chi connectivity index (χ1) is 16.4. The normalized spacial score (nSPS) is 11.6. The summed E-state index contributed by atoms with van der Waals surface area (Å²) in [6.07, 6.45) is 1.65. The second-order valence-corrected chi connectivity index (χ2v) is 7.98. The third-order valence-corrected chi connectivity index (χ3v) is 5.60. The van der Waals surface area contributed by atoms with E-state index in [4.69, 9.17) is 11.6 Å². The van der Waals surface area contributed by atoms with Crippen LogP contribution < -0.4 is 10.6 Å². The van der Waals surface area contributed by atoms with E-state index in [1.54, 1.807) is 54.7 Å². The third kappa shape index (κ3) is 5.22. The molecule has 7 nitrogen and oxygen atoms in total. The molecular formula is C26H20ClN3O4. The van der Waals surface area contributed by atoms with Gasteiger partial charge in [0.15, 0.2) is 0 Å². The number of fused-ring (bicyclic) bond motifs is 1. The molecule has 1 atom stereocenters. The Balaban J connectivity index is 1.44. The smallest absolute Gasteiger partial charge is 0.326 e. The molecule has 4 rings (SSSR count). The zero-order valence-corrected chi connectivity index (χ0v) is 18.6. The lowest BCUT2D eigenvalue weighted by molar-refractivity contribution is -0.139. The van der Waals surface area contributed by atoms with Gasteiger partial charge in [-0.05, 0) is 42.0 Å². The van der Waals surface area contributed by atoms with Crippen molar-refractivity contribution < 1.29 is 19.5 Å². The Labute approximate surface area is 200 Å². The van der Waals surface area contributed by atoms with Crippen molar-refractivity contribution in [3.8, 4) is 0 Å². The number of carboxylic acids is 1. The number of carboxylic acid groups (broad SMARTS) is 1. The number of rotatable bonds is 7. The zero-order chi connectivity index (χ0) is 24.1. The van der Waals surface area contributed by atoms with Crippen LogP contribution in [0.2, 0.25) is 5.02 Å². The average molecular weight is 474 g/mol. The van der Waals surface area contributed by atoms with Gasteiger partial charge in [-0.1, -0.05) is 54.1 Å². The summed E-state index contributed by atoms with van der Waals surface area (Å²) in [6.45, 7) is 0. The lowest BCUT2D eigenvalue weighted by Gasteiger charge is -2.15. The number of hydrogen-bond acceptors (Lipinski definition) is 4. The van der Waals surface area contributed by atoms with Gasteiger partial charge in [0.25, 0.3) is 11.8 Å². The van der Waals surface area contributed by atoms with Crippen molar-refractivity contribution in [2.24, 2.45) is 0 Å². The Bertz CT molecular complexity index is 1370. The van der Waals surface area contributed by atoms with Gasteiger partial charge in [-0.15, -0.1) is 0 Å². The van der Waals surface area contributed by atoms with Crippen LogP contribution in [0.25, 0.3) is 10.9 Å². The van der Waals surface area contributed by atoms with Gasteiger partial charge in [0.2, 0.25) is 0 Å². The molecule has 8 heteroatoms. The molecule has 0 saturated heterocycles. The van der Waals surface area contributed by atoms with E-state index in [1.165, 1.54) is 6.07 Å². The summed E-state index contributed by atoms with van der Waals surface area (Å²) in [6, 6.07) is 21.1. The first kappa shape index (κ1) is 22.9. The number of benzene rings is 3. The largest absolute Gasteiger partial charge is 0.480 e. The van der Waals surface area contributed by atoms with Gasteiger partial charge in [0.1, 0.15) is 6.04 Å². The number of carbonyl (C=O) groups excluding carboxylic acids is 2. The van der Waals surface area contributed by atoms with Crippen LogP contribution in [0, 0.1) is 0 Å². The average Bonchev–Trinajstić information content (AvgIpc) is 2.84. The Morgan fingerprint density at radius 1 is 0.853 bits per heavy atom. The summed E-state index contributed by atoms with van der Waals surface area (Å²) >= 11 is 6.03. The molecule has 0 radical (unpaired) electrons. The van der Waals surface area contributed by atoms with Gasteiger partial charge < -0.3 is 15.7 Å². The van der Waals surface area contributed by atoms with Crippen molar-refractivity contribution in [1.82, 2.24) is 10.3 Å². The van der Waals surface area contributed by atoms with Crippen LogP contribution in [-0.2, 0) is 11.2 Å². The molecule has 0 aliphatic carbocycles. The van der Waals surface area contributed by atoms with E-state index in [0.717, 1.165) is 10.9 Å². The maximum atomic E-state index is 12.8. The summed E-state index contributed by atoms with van der Waals surface area (Å²) in [5.41, 5.74) is 2.67. The molecule has 0 saturated carbocycles. The number of carbonyl (C=O) groups is 3. The van der Waals surface area contributed by atoms with E-state index in [9.17, 15) is 19.5 Å². The van der Waals surface area contributed by atoms with Crippen molar-refractivity contribution >= 4 is 46.0 Å². The molecule has 0 unspecified atom stereocenters. The second-order valence-electron chi connectivity index (χ2n) is 7.57. The minimum atomic E-state index is -1.16. The molecular weight excluding hydrogens is 454 g/mol. The maximum absolute atomic E-state index is 12.8. The van der Waals surface area contributed by atoms with Crippen LogP contribution >= 0.6 is 11.6 Å². The Morgan fingerprint density at radius 2 is 1.56 bits per heavy atom. The van der Waals surface area contributed by atoms with Gasteiger partial charge in [0.05, 0.1) is 21.7 Å². The highest BCUT2D eigenvalue weighted by Gasteiger charge is 2.22. The number of nitrogens with one attached hydrogen (secondary N) is 2. The number of anilines is 1. The second kappa shape index (κ2) is 10.1. The minimum Gasteiger partial charge on any atom is -0.480 e. The Hall–Kier alpha value is -4.23. The molecule has 3 aromatic carbocycles. The highest BCUT2D eigenvalue weighted by Crippen LogP contribution is 2.19. The van der Waals surface area contributed by atoms with Crippen molar-refractivity contribution in [1.29, 1.82) is 0 Å². The number of aliphatic carboxylic acids is 1. The highest BCUT2D eigenvalue weighted by molar-refractivity contribution is 6.33. The van der Waals surface area contributed by atoms with E-state index in [-0.39, 0.29) is 22.9 Å². The number of nitrogens with zero attached hydrogens (tertiary/aromatic N) is 1. The maximum Gasteiger partial charge on any atom is 0.326 e. The van der Waals surface area contributed by atoms with E-state index >= 15 is 0 Å². The van der Waals surface area contributed by atoms with Crippen molar-refractivity contribution in [2.75, 3.05) is 5.32 Å². The lowest BCUT2D eigenvalue weighted by Crippen LogP contribution is -2.42. The van der Waals surface area contributed by atoms with E-state index in [0.29, 0.717) is 16.8 Å². The number of amides is 2. The summed E-state index contributed by atoms with van der Waals surface area (Å²) in [5, 5.41) is 15.9. The van der Waals surface area contributed by atoms with Crippen molar-refractivity contribution in [3.05, 3.63) is 107 Å². The number of aromatic nitrogens is 1. The monoisotopic (exact) mass is 473 g/mol. The molecule has 2 amide bonds. The number of pyridine rings is 1. The van der Waals surface area contributed by atoms with Gasteiger partial charge in [0, 0.05) is 23.7 Å². The predicted octanol–water partition coefficient (Wildman–Crippen LogP) is 4.57. The number of halogens is 1. The summed E-state index contributed by atoms with van der Waals surface area (Å²) in [5.74, 6) is -2.00. The molecule has 0 aliphatic rings. The lowest BCUT2D eigenvalue weighted by atomic mass is 10.0. The fourth-order valence-corrected chi connectivity index (χ4v) is 3.76. The first-order valence-corrected chi connectivity index (χ1v) is 10.8. The SMILES string of the molecule is O=C(N[C@@H](Cc1ccc(NC(=O)c2ccnc3ccccc23)cc1)C(=O)O)c1ccccc1Cl. The van der Waals surface area contributed by atoms with Gasteiger partial charge in [-0.2, -0.15) is 0 Å². The van der Waals surface area contributed by atoms with E-state index in [2.05, 4.69) is 15.6 Å². The van der Waals surface area contributed by atoms with Gasteiger partial charge in [-0.3, -0.25) is 14.6 Å². The molecule has 4 aromatic rings. The minimum absolute atomic E-state index is 0.0642. The standard InChI is InChI=1S/C26H20ClN3O4/c27-21-7-3-1-6-20(21)25(32)30-23(26(33)34)15-16-9-11-17(12-10-16)29-24(31)19-13-14-28-22-8-4-2-5-18(19)22/h1-14,23H,15H2,(H,29,31)(H,30,32)(H,33,34)/t23-/m0/s1. The summed E-state index contributed by atoms with van der Waals surface area (Å²) in [7, 11) is 0. The molecule has 0 bridgehead atoms. The summed E-state index contributed by atoms with van der Waals surface area (Å²) < 4.78 is 0. The Kier molecular flexibility index (Phi) is 6.85. The molecule has 34 heavy (non-hydrogen) atoms. The van der Waals surface area contributed by atoms with Crippen molar-refractivity contribution in [3.63, 3.8) is 0 Å². The van der Waals surface area contributed by atoms with Crippen LogP contribution in [0.5, 0.6) is 0 Å². The highest BCUT2D eigenvalue weighted by atomic mass is 35.5. The van der Waals surface area contributed by atoms with E-state index < -0.39 is 17.9 Å². The van der Waals surface area contributed by atoms with Crippen LogP contribution in [-0.4, -0.2) is 33.9 Å². The molecule has 1 heterocycles. The molecule has 3 N–H and O–H groups in total. The molecule has 0 spiro atoms. The number of hydrogen-bond donors (Lipinski definition) is 3. The molecule has 0 fully saturated rings. The van der Waals surface area contributed by atoms with Crippen LogP contribution in [0.4, 0.5) is 5.69 Å². The van der Waals surface area contributed by atoms with Gasteiger partial charge >= 0.3 is 5.97 Å². The fraction of sp³-hybridized carbons (Fsp3) is 0.0769. The fourth-order valence-electron chi connectivity index (χ4n) is 3.53. The number of para-hydroxylation sites is 1. The zero-order valence-electron chi connectivity index (χ0n) is 17.9. The molecule has 1 aromatic heterocycles. The van der Waals surface area contributed by atoms with Crippen LogP contribution in [0.15, 0.2) is 85.1 Å². The quantitative estimate of drug-likeness (QED) is 0.364. The van der Waals surface area contributed by atoms with Crippen LogP contribution in [0.3, 0.4) is 0 Å². The van der Waals surface area contributed by atoms with Crippen molar-refractivity contribution in [2.45, 2.75) is 12.5 Å². The summed E-state index contributed by atoms with van der Waals surface area (Å²) in [4.78, 5) is 41.2. The topological polar surface area (TPSA) is 108 Å². The molecule has 0 aliphatic heterocycles. The van der Waals surface area contributed by atoms with Crippen LogP contribution in [0.1, 0.15) is 26.3 Å². The predicted molar refractivity (Wildman–Crippen MR) is 130 cm³/mol. The first-order valence-electron chi connectivity index (χ1n) is 10.4. The van der Waals surface area contributed by atoms with E-state index in [1.807, 2.05) is 24.3 Å². The Morgan fingerprint density at radius 3 is 2.29 bits per heavy atom. The van der Waals surface area contributed by atoms with Gasteiger partial charge in [-0.25, -0.2) is 4.79 Å². The third-order valence-electron chi connectivity index (χ3n) is 5.27.